The second-order valence-corrected chi connectivity index (χ2v) is 3.80. The van der Waals surface area contributed by atoms with Gasteiger partial charge in [0.15, 0.2) is 0 Å². The average Bonchev–Trinajstić information content (AvgIpc) is 2.42. The van der Waals surface area contributed by atoms with E-state index in [-0.39, 0.29) is 12.3 Å². The SMILES string of the molecule is O=C(O)CC1(F)CC2C=CC1C2. The van der Waals surface area contributed by atoms with Gasteiger partial charge < -0.3 is 5.11 Å². The zero-order chi connectivity index (χ0) is 8.77. The molecule has 0 radical (unpaired) electrons. The molecule has 2 aliphatic rings. The van der Waals surface area contributed by atoms with Gasteiger partial charge in [-0.2, -0.15) is 0 Å². The Morgan fingerprint density at radius 3 is 2.83 bits per heavy atom. The third-order valence-electron chi connectivity index (χ3n) is 2.88. The van der Waals surface area contributed by atoms with Crippen LogP contribution in [-0.4, -0.2) is 16.7 Å². The molecule has 0 saturated heterocycles. The monoisotopic (exact) mass is 170 g/mol. The minimum Gasteiger partial charge on any atom is -0.481 e. The first-order valence-electron chi connectivity index (χ1n) is 4.19. The Kier molecular flexibility index (Phi) is 1.50. The van der Waals surface area contributed by atoms with Crippen LogP contribution in [0.25, 0.3) is 0 Å². The summed E-state index contributed by atoms with van der Waals surface area (Å²) in [7, 11) is 0. The molecule has 0 spiro atoms. The number of carboxylic acids is 1. The van der Waals surface area contributed by atoms with Crippen molar-refractivity contribution in [2.75, 3.05) is 0 Å². The highest BCUT2D eigenvalue weighted by Crippen LogP contribution is 2.50. The van der Waals surface area contributed by atoms with Crippen molar-refractivity contribution in [3.63, 3.8) is 0 Å². The standard InChI is InChI=1S/C9H11FO2/c10-9(5-8(11)12)4-6-1-2-7(9)3-6/h1-2,6-7H,3-5H2,(H,11,12). The van der Waals surface area contributed by atoms with E-state index in [1.807, 2.05) is 12.2 Å². The number of hydrogen-bond acceptors (Lipinski definition) is 1. The Morgan fingerprint density at radius 1 is 1.67 bits per heavy atom. The minimum absolute atomic E-state index is 0.140. The lowest BCUT2D eigenvalue weighted by molar-refractivity contribution is -0.140. The molecule has 1 saturated carbocycles. The first kappa shape index (κ1) is 7.77. The van der Waals surface area contributed by atoms with Gasteiger partial charge in [-0.15, -0.1) is 0 Å². The van der Waals surface area contributed by atoms with E-state index in [1.165, 1.54) is 0 Å². The number of fused-ring (bicyclic) bond motifs is 2. The van der Waals surface area contributed by atoms with Crippen LogP contribution in [0.15, 0.2) is 12.2 Å². The van der Waals surface area contributed by atoms with Crippen LogP contribution in [0.3, 0.4) is 0 Å². The van der Waals surface area contributed by atoms with Gasteiger partial charge in [0.25, 0.3) is 0 Å². The first-order valence-corrected chi connectivity index (χ1v) is 4.19. The third-order valence-corrected chi connectivity index (χ3v) is 2.88. The predicted molar refractivity (Wildman–Crippen MR) is 41.4 cm³/mol. The summed E-state index contributed by atoms with van der Waals surface area (Å²) in [6.45, 7) is 0. The molecular formula is C9H11FO2. The zero-order valence-corrected chi connectivity index (χ0v) is 6.66. The number of hydrogen-bond donors (Lipinski definition) is 1. The summed E-state index contributed by atoms with van der Waals surface area (Å²) >= 11 is 0. The van der Waals surface area contributed by atoms with Crippen LogP contribution in [0.1, 0.15) is 19.3 Å². The van der Waals surface area contributed by atoms with Crippen molar-refractivity contribution in [2.24, 2.45) is 11.8 Å². The molecule has 2 aliphatic carbocycles. The molecule has 0 aromatic heterocycles. The molecule has 3 atom stereocenters. The summed E-state index contributed by atoms with van der Waals surface area (Å²) in [5.41, 5.74) is -1.45. The van der Waals surface area contributed by atoms with Gasteiger partial charge in [0.1, 0.15) is 5.67 Å². The fourth-order valence-corrected chi connectivity index (χ4v) is 2.35. The van der Waals surface area contributed by atoms with E-state index in [9.17, 15) is 9.18 Å². The van der Waals surface area contributed by atoms with Crippen molar-refractivity contribution < 1.29 is 14.3 Å². The first-order chi connectivity index (χ1) is 5.60. The van der Waals surface area contributed by atoms with Crippen LogP contribution in [0.2, 0.25) is 0 Å². The summed E-state index contributed by atoms with van der Waals surface area (Å²) in [5, 5.41) is 8.50. The average molecular weight is 170 g/mol. The second-order valence-electron chi connectivity index (χ2n) is 3.80. The summed E-state index contributed by atoms with van der Waals surface area (Å²) in [5.74, 6) is -0.878. The summed E-state index contributed by atoms with van der Waals surface area (Å²) in [6.07, 6.45) is 4.71. The number of alkyl halides is 1. The Balaban J connectivity index is 2.13. The molecule has 0 amide bonds. The van der Waals surface area contributed by atoms with Crippen molar-refractivity contribution in [3.8, 4) is 0 Å². The maximum absolute atomic E-state index is 13.8. The molecule has 3 unspecified atom stereocenters. The highest BCUT2D eigenvalue weighted by atomic mass is 19.1. The number of halogens is 1. The summed E-state index contributed by atoms with van der Waals surface area (Å²) in [4.78, 5) is 10.4. The molecule has 2 rings (SSSR count). The van der Waals surface area contributed by atoms with Crippen molar-refractivity contribution >= 4 is 5.97 Å². The van der Waals surface area contributed by atoms with Gasteiger partial charge in [0.2, 0.25) is 0 Å². The fraction of sp³-hybridized carbons (Fsp3) is 0.667. The van der Waals surface area contributed by atoms with Crippen LogP contribution in [-0.2, 0) is 4.79 Å². The molecule has 1 fully saturated rings. The topological polar surface area (TPSA) is 37.3 Å². The lowest BCUT2D eigenvalue weighted by Gasteiger charge is -2.24. The Labute approximate surface area is 70.1 Å². The van der Waals surface area contributed by atoms with E-state index in [2.05, 4.69) is 0 Å². The molecule has 0 aliphatic heterocycles. The van der Waals surface area contributed by atoms with Gasteiger partial charge in [0, 0.05) is 5.92 Å². The molecule has 1 N–H and O–H groups in total. The van der Waals surface area contributed by atoms with Crippen LogP contribution >= 0.6 is 0 Å². The van der Waals surface area contributed by atoms with Gasteiger partial charge in [-0.05, 0) is 18.8 Å². The zero-order valence-electron chi connectivity index (χ0n) is 6.66. The maximum Gasteiger partial charge on any atom is 0.306 e. The Morgan fingerprint density at radius 2 is 2.42 bits per heavy atom. The van der Waals surface area contributed by atoms with E-state index in [0.717, 1.165) is 6.42 Å². The molecule has 2 nitrogen and oxygen atoms in total. The number of aliphatic carboxylic acids is 1. The third kappa shape index (κ3) is 1.04. The number of carboxylic acid groups (broad SMARTS) is 1. The van der Waals surface area contributed by atoms with E-state index >= 15 is 0 Å². The number of allylic oxidation sites excluding steroid dienone is 2. The van der Waals surface area contributed by atoms with E-state index in [0.29, 0.717) is 12.3 Å². The van der Waals surface area contributed by atoms with Crippen molar-refractivity contribution in [3.05, 3.63) is 12.2 Å². The lowest BCUT2D eigenvalue weighted by atomic mass is 9.87. The summed E-state index contributed by atoms with van der Waals surface area (Å²) in [6, 6.07) is 0. The number of rotatable bonds is 2. The van der Waals surface area contributed by atoms with E-state index in [4.69, 9.17) is 5.11 Å². The molecule has 3 heteroatoms. The summed E-state index contributed by atoms with van der Waals surface area (Å²) < 4.78 is 13.8. The van der Waals surface area contributed by atoms with E-state index in [1.54, 1.807) is 0 Å². The largest absolute Gasteiger partial charge is 0.481 e. The molecule has 0 heterocycles. The van der Waals surface area contributed by atoms with Crippen LogP contribution < -0.4 is 0 Å². The van der Waals surface area contributed by atoms with Crippen molar-refractivity contribution in [2.45, 2.75) is 24.9 Å². The highest BCUT2D eigenvalue weighted by Gasteiger charge is 2.50. The highest BCUT2D eigenvalue weighted by molar-refractivity contribution is 5.68. The van der Waals surface area contributed by atoms with Crippen LogP contribution in [0.4, 0.5) is 4.39 Å². The Hall–Kier alpha value is -0.860. The van der Waals surface area contributed by atoms with Crippen molar-refractivity contribution in [1.82, 2.24) is 0 Å². The second kappa shape index (κ2) is 2.31. The molecule has 2 bridgehead atoms. The van der Waals surface area contributed by atoms with Gasteiger partial charge in [0.05, 0.1) is 6.42 Å². The predicted octanol–water partition coefficient (Wildman–Crippen LogP) is 1.77. The van der Waals surface area contributed by atoms with Gasteiger partial charge in [-0.25, -0.2) is 4.39 Å². The minimum atomic E-state index is -1.45. The maximum atomic E-state index is 13.8. The Bertz CT molecular complexity index is 249. The van der Waals surface area contributed by atoms with Gasteiger partial charge >= 0.3 is 5.97 Å². The van der Waals surface area contributed by atoms with Gasteiger partial charge in [-0.3, -0.25) is 4.79 Å². The van der Waals surface area contributed by atoms with Crippen LogP contribution in [0, 0.1) is 11.8 Å². The van der Waals surface area contributed by atoms with Crippen LogP contribution in [0.5, 0.6) is 0 Å². The molecular weight excluding hydrogens is 159 g/mol. The smallest absolute Gasteiger partial charge is 0.306 e. The molecule has 0 aromatic rings. The van der Waals surface area contributed by atoms with Gasteiger partial charge in [-0.1, -0.05) is 12.2 Å². The lowest BCUT2D eigenvalue weighted by Crippen LogP contribution is -2.31. The quantitative estimate of drug-likeness (QED) is 0.641. The van der Waals surface area contributed by atoms with E-state index < -0.39 is 11.6 Å². The number of carbonyl (C=O) groups is 1. The molecule has 66 valence electrons. The molecule has 12 heavy (non-hydrogen) atoms. The normalized spacial score (nSPS) is 43.8. The van der Waals surface area contributed by atoms with Crippen molar-refractivity contribution in [1.29, 1.82) is 0 Å². The fourth-order valence-electron chi connectivity index (χ4n) is 2.35. The molecule has 0 aromatic carbocycles.